The van der Waals surface area contributed by atoms with Gasteiger partial charge in [-0.2, -0.15) is 4.31 Å². The lowest BCUT2D eigenvalue weighted by atomic mass is 10.1. The van der Waals surface area contributed by atoms with E-state index in [0.717, 1.165) is 24.0 Å². The number of hydrogen-bond donors (Lipinski definition) is 1. The lowest BCUT2D eigenvalue weighted by Gasteiger charge is -2.19. The molecular formula is C15H22N2O3S. The van der Waals surface area contributed by atoms with Gasteiger partial charge in [0.2, 0.25) is 15.9 Å². The fourth-order valence-electron chi connectivity index (χ4n) is 2.28. The molecular weight excluding hydrogens is 288 g/mol. The zero-order chi connectivity index (χ0) is 15.5. The van der Waals surface area contributed by atoms with Gasteiger partial charge in [-0.25, -0.2) is 8.42 Å². The molecule has 1 amide bonds. The molecule has 2 rings (SSSR count). The van der Waals surface area contributed by atoms with Gasteiger partial charge >= 0.3 is 0 Å². The summed E-state index contributed by atoms with van der Waals surface area (Å²) < 4.78 is 24.7. The van der Waals surface area contributed by atoms with E-state index >= 15 is 0 Å². The second-order valence-corrected chi connectivity index (χ2v) is 7.49. The monoisotopic (exact) mass is 310 g/mol. The Labute approximate surface area is 126 Å². The minimum atomic E-state index is -3.22. The molecule has 1 aromatic carbocycles. The van der Waals surface area contributed by atoms with E-state index in [1.54, 1.807) is 0 Å². The molecule has 1 N–H and O–H groups in total. The number of rotatable bonds is 7. The van der Waals surface area contributed by atoms with Gasteiger partial charge in [0, 0.05) is 25.6 Å². The Bertz CT molecular complexity index is 609. The zero-order valence-electron chi connectivity index (χ0n) is 12.5. The SMILES string of the molecule is Cc1ccccc1CNC(=O)CCN(C1CC1)S(C)(=O)=O. The summed E-state index contributed by atoms with van der Waals surface area (Å²) >= 11 is 0. The summed E-state index contributed by atoms with van der Waals surface area (Å²) in [5.74, 6) is -0.118. The number of aryl methyl sites for hydroxylation is 1. The maximum Gasteiger partial charge on any atom is 0.221 e. The Morgan fingerprint density at radius 1 is 1.33 bits per heavy atom. The van der Waals surface area contributed by atoms with Crippen molar-refractivity contribution in [2.75, 3.05) is 12.8 Å². The van der Waals surface area contributed by atoms with Crippen molar-refractivity contribution in [2.24, 2.45) is 0 Å². The number of nitrogens with zero attached hydrogens (tertiary/aromatic N) is 1. The predicted molar refractivity (Wildman–Crippen MR) is 82.2 cm³/mol. The molecule has 0 radical (unpaired) electrons. The van der Waals surface area contributed by atoms with Crippen LogP contribution in [-0.2, 0) is 21.4 Å². The molecule has 1 saturated carbocycles. The number of sulfonamides is 1. The quantitative estimate of drug-likeness (QED) is 0.828. The first-order chi connectivity index (χ1) is 9.88. The number of benzene rings is 1. The van der Waals surface area contributed by atoms with Crippen LogP contribution in [0.3, 0.4) is 0 Å². The van der Waals surface area contributed by atoms with Crippen molar-refractivity contribution < 1.29 is 13.2 Å². The molecule has 6 heteroatoms. The highest BCUT2D eigenvalue weighted by Crippen LogP contribution is 2.28. The van der Waals surface area contributed by atoms with Crippen LogP contribution in [0.25, 0.3) is 0 Å². The molecule has 1 aliphatic carbocycles. The van der Waals surface area contributed by atoms with Crippen LogP contribution in [0.5, 0.6) is 0 Å². The summed E-state index contributed by atoms with van der Waals surface area (Å²) in [4.78, 5) is 11.9. The van der Waals surface area contributed by atoms with Crippen molar-refractivity contribution >= 4 is 15.9 Å². The maximum atomic E-state index is 11.9. The van der Waals surface area contributed by atoms with E-state index in [0.29, 0.717) is 6.54 Å². The number of hydrogen-bond acceptors (Lipinski definition) is 3. The molecule has 0 saturated heterocycles. The summed E-state index contributed by atoms with van der Waals surface area (Å²) in [6.45, 7) is 2.75. The smallest absolute Gasteiger partial charge is 0.221 e. The highest BCUT2D eigenvalue weighted by atomic mass is 32.2. The molecule has 0 unspecified atom stereocenters. The summed E-state index contributed by atoms with van der Waals surface area (Å²) in [5.41, 5.74) is 2.21. The number of carbonyl (C=O) groups excluding carboxylic acids is 1. The average Bonchev–Trinajstić information content (AvgIpc) is 3.21. The van der Waals surface area contributed by atoms with Crippen molar-refractivity contribution in [3.8, 4) is 0 Å². The van der Waals surface area contributed by atoms with Crippen LogP contribution in [0, 0.1) is 6.92 Å². The fraction of sp³-hybridized carbons (Fsp3) is 0.533. The molecule has 0 bridgehead atoms. The van der Waals surface area contributed by atoms with Crippen molar-refractivity contribution in [1.82, 2.24) is 9.62 Å². The molecule has 1 aliphatic rings. The van der Waals surface area contributed by atoms with Gasteiger partial charge in [-0.1, -0.05) is 24.3 Å². The molecule has 1 aromatic rings. The highest BCUT2D eigenvalue weighted by molar-refractivity contribution is 7.88. The Hall–Kier alpha value is -1.40. The summed E-state index contributed by atoms with van der Waals surface area (Å²) in [7, 11) is -3.22. The predicted octanol–water partition coefficient (Wildman–Crippen LogP) is 1.43. The van der Waals surface area contributed by atoms with E-state index in [9.17, 15) is 13.2 Å². The van der Waals surface area contributed by atoms with Gasteiger partial charge in [0.15, 0.2) is 0 Å². The number of carbonyl (C=O) groups is 1. The average molecular weight is 310 g/mol. The molecule has 116 valence electrons. The molecule has 0 aliphatic heterocycles. The Balaban J connectivity index is 1.81. The minimum Gasteiger partial charge on any atom is -0.352 e. The largest absolute Gasteiger partial charge is 0.352 e. The third kappa shape index (κ3) is 4.82. The topological polar surface area (TPSA) is 66.5 Å². The van der Waals surface area contributed by atoms with Crippen molar-refractivity contribution in [2.45, 2.75) is 38.8 Å². The van der Waals surface area contributed by atoms with E-state index in [4.69, 9.17) is 0 Å². The van der Waals surface area contributed by atoms with Gasteiger partial charge in [-0.15, -0.1) is 0 Å². The zero-order valence-corrected chi connectivity index (χ0v) is 13.3. The Morgan fingerprint density at radius 3 is 2.57 bits per heavy atom. The van der Waals surface area contributed by atoms with E-state index in [1.807, 2.05) is 31.2 Å². The van der Waals surface area contributed by atoms with Crippen LogP contribution < -0.4 is 5.32 Å². The van der Waals surface area contributed by atoms with Gasteiger partial charge in [0.1, 0.15) is 0 Å². The summed E-state index contributed by atoms with van der Waals surface area (Å²) in [6, 6.07) is 7.97. The van der Waals surface area contributed by atoms with Crippen LogP contribution in [0.4, 0.5) is 0 Å². The number of nitrogens with one attached hydrogen (secondary N) is 1. The van der Waals surface area contributed by atoms with Crippen molar-refractivity contribution in [3.05, 3.63) is 35.4 Å². The minimum absolute atomic E-state index is 0.101. The van der Waals surface area contributed by atoms with Gasteiger partial charge in [-0.05, 0) is 30.9 Å². The standard InChI is InChI=1S/C15H22N2O3S/c1-12-5-3-4-6-13(12)11-16-15(18)9-10-17(14-7-8-14)21(2,19)20/h3-6,14H,7-11H2,1-2H3,(H,16,18). The molecule has 0 spiro atoms. The van der Waals surface area contributed by atoms with E-state index in [-0.39, 0.29) is 24.9 Å². The van der Waals surface area contributed by atoms with E-state index in [2.05, 4.69) is 5.32 Å². The van der Waals surface area contributed by atoms with Crippen molar-refractivity contribution in [1.29, 1.82) is 0 Å². The molecule has 21 heavy (non-hydrogen) atoms. The maximum absolute atomic E-state index is 11.9. The Morgan fingerprint density at radius 2 is 2.00 bits per heavy atom. The molecule has 0 heterocycles. The molecule has 0 aromatic heterocycles. The Kier molecular flexibility index (Phi) is 5.00. The van der Waals surface area contributed by atoms with E-state index in [1.165, 1.54) is 10.6 Å². The highest BCUT2D eigenvalue weighted by Gasteiger charge is 2.34. The number of amides is 1. The van der Waals surface area contributed by atoms with Crippen LogP contribution in [0.15, 0.2) is 24.3 Å². The lowest BCUT2D eigenvalue weighted by Crippen LogP contribution is -2.36. The van der Waals surface area contributed by atoms with Gasteiger partial charge in [0.25, 0.3) is 0 Å². The van der Waals surface area contributed by atoms with Gasteiger partial charge in [-0.3, -0.25) is 4.79 Å². The molecule has 5 nitrogen and oxygen atoms in total. The second-order valence-electron chi connectivity index (χ2n) is 5.56. The first kappa shape index (κ1) is 16.0. The first-order valence-electron chi connectivity index (χ1n) is 7.16. The fourth-order valence-corrected chi connectivity index (χ4v) is 3.46. The summed E-state index contributed by atoms with van der Waals surface area (Å²) in [5, 5.41) is 2.85. The normalized spacial score (nSPS) is 15.2. The molecule has 1 fully saturated rings. The van der Waals surface area contributed by atoms with Crippen LogP contribution in [0.1, 0.15) is 30.4 Å². The van der Waals surface area contributed by atoms with Crippen molar-refractivity contribution in [3.63, 3.8) is 0 Å². The second kappa shape index (κ2) is 6.58. The third-order valence-electron chi connectivity index (χ3n) is 3.68. The van der Waals surface area contributed by atoms with Crippen LogP contribution in [0.2, 0.25) is 0 Å². The summed E-state index contributed by atoms with van der Waals surface area (Å²) in [6.07, 6.45) is 3.21. The van der Waals surface area contributed by atoms with Crippen LogP contribution >= 0.6 is 0 Å². The lowest BCUT2D eigenvalue weighted by molar-refractivity contribution is -0.121. The third-order valence-corrected chi connectivity index (χ3v) is 5.01. The van der Waals surface area contributed by atoms with Gasteiger partial charge in [0.05, 0.1) is 6.26 Å². The van der Waals surface area contributed by atoms with Crippen LogP contribution in [-0.4, -0.2) is 37.5 Å². The van der Waals surface area contributed by atoms with Gasteiger partial charge < -0.3 is 5.32 Å². The molecule has 0 atom stereocenters. The van der Waals surface area contributed by atoms with E-state index < -0.39 is 10.0 Å². The first-order valence-corrected chi connectivity index (χ1v) is 9.01.